The Labute approximate surface area is 89.9 Å². The summed E-state index contributed by atoms with van der Waals surface area (Å²) in [5.41, 5.74) is 2.38. The SMILES string of the molecule is COCCONC(=O)CN1CCNCC1. The van der Waals surface area contributed by atoms with Crippen LogP contribution in [-0.4, -0.2) is 63.9 Å². The van der Waals surface area contributed by atoms with E-state index in [9.17, 15) is 4.79 Å². The van der Waals surface area contributed by atoms with Gasteiger partial charge >= 0.3 is 0 Å². The van der Waals surface area contributed by atoms with Crippen molar-refractivity contribution in [2.45, 2.75) is 0 Å². The van der Waals surface area contributed by atoms with Gasteiger partial charge in [0.2, 0.25) is 0 Å². The number of rotatable bonds is 6. The van der Waals surface area contributed by atoms with Crippen LogP contribution < -0.4 is 10.8 Å². The van der Waals surface area contributed by atoms with E-state index >= 15 is 0 Å². The highest BCUT2D eigenvalue weighted by atomic mass is 16.7. The predicted octanol–water partition coefficient (Wildman–Crippen LogP) is -1.41. The normalized spacial score (nSPS) is 17.7. The van der Waals surface area contributed by atoms with Gasteiger partial charge in [0.25, 0.3) is 5.91 Å². The van der Waals surface area contributed by atoms with Crippen molar-refractivity contribution in [2.24, 2.45) is 0 Å². The molecule has 0 unspecified atom stereocenters. The van der Waals surface area contributed by atoms with Gasteiger partial charge in [-0.1, -0.05) is 0 Å². The monoisotopic (exact) mass is 217 g/mol. The van der Waals surface area contributed by atoms with Crippen LogP contribution >= 0.6 is 0 Å². The first-order valence-electron chi connectivity index (χ1n) is 5.15. The van der Waals surface area contributed by atoms with Crippen LogP contribution in [0.15, 0.2) is 0 Å². The van der Waals surface area contributed by atoms with Crippen molar-refractivity contribution >= 4 is 5.91 Å². The van der Waals surface area contributed by atoms with Crippen LogP contribution in [0.25, 0.3) is 0 Å². The molecule has 15 heavy (non-hydrogen) atoms. The summed E-state index contributed by atoms with van der Waals surface area (Å²) in [6.07, 6.45) is 0. The number of carbonyl (C=O) groups excluding carboxylic acids is 1. The number of piperazine rings is 1. The zero-order valence-electron chi connectivity index (χ0n) is 9.12. The zero-order chi connectivity index (χ0) is 10.9. The second-order valence-corrected chi connectivity index (χ2v) is 3.39. The molecule has 1 saturated heterocycles. The van der Waals surface area contributed by atoms with Crippen molar-refractivity contribution in [3.63, 3.8) is 0 Å². The second-order valence-electron chi connectivity index (χ2n) is 3.39. The number of ether oxygens (including phenoxy) is 1. The van der Waals surface area contributed by atoms with Crippen LogP contribution in [0.5, 0.6) is 0 Å². The Morgan fingerprint density at radius 3 is 2.80 bits per heavy atom. The molecule has 0 aromatic heterocycles. The molecule has 0 radical (unpaired) electrons. The molecule has 1 heterocycles. The average molecular weight is 217 g/mol. The van der Waals surface area contributed by atoms with Crippen LogP contribution in [0.1, 0.15) is 0 Å². The minimum absolute atomic E-state index is 0.104. The molecule has 0 atom stereocenters. The van der Waals surface area contributed by atoms with Crippen LogP contribution in [0.3, 0.4) is 0 Å². The van der Waals surface area contributed by atoms with E-state index in [0.29, 0.717) is 19.8 Å². The Hall–Kier alpha value is -0.690. The second kappa shape index (κ2) is 7.58. The lowest BCUT2D eigenvalue weighted by molar-refractivity contribution is -0.135. The van der Waals surface area contributed by atoms with Crippen LogP contribution in [-0.2, 0) is 14.4 Å². The van der Waals surface area contributed by atoms with E-state index in [4.69, 9.17) is 9.57 Å². The fraction of sp³-hybridized carbons (Fsp3) is 0.889. The van der Waals surface area contributed by atoms with E-state index in [0.717, 1.165) is 26.2 Å². The quantitative estimate of drug-likeness (QED) is 0.422. The van der Waals surface area contributed by atoms with Crippen LogP contribution in [0, 0.1) is 0 Å². The van der Waals surface area contributed by atoms with E-state index in [1.54, 1.807) is 7.11 Å². The van der Waals surface area contributed by atoms with E-state index < -0.39 is 0 Å². The van der Waals surface area contributed by atoms with Crippen molar-refractivity contribution in [1.82, 2.24) is 15.7 Å². The third kappa shape index (κ3) is 5.68. The Kier molecular flexibility index (Phi) is 6.26. The van der Waals surface area contributed by atoms with Crippen molar-refractivity contribution in [3.8, 4) is 0 Å². The van der Waals surface area contributed by atoms with Gasteiger partial charge in [-0.2, -0.15) is 0 Å². The molecule has 0 bridgehead atoms. The van der Waals surface area contributed by atoms with Gasteiger partial charge in [-0.3, -0.25) is 14.5 Å². The molecule has 1 aliphatic rings. The molecular formula is C9H19N3O3. The summed E-state index contributed by atoms with van der Waals surface area (Å²) in [5.74, 6) is -0.104. The van der Waals surface area contributed by atoms with Crippen molar-refractivity contribution in [3.05, 3.63) is 0 Å². The largest absolute Gasteiger partial charge is 0.382 e. The summed E-state index contributed by atoms with van der Waals surface area (Å²) in [4.78, 5) is 18.3. The first-order valence-corrected chi connectivity index (χ1v) is 5.15. The summed E-state index contributed by atoms with van der Waals surface area (Å²) in [6, 6.07) is 0. The van der Waals surface area contributed by atoms with Gasteiger partial charge < -0.3 is 10.1 Å². The van der Waals surface area contributed by atoms with Crippen molar-refractivity contribution in [2.75, 3.05) is 53.0 Å². The minimum atomic E-state index is -0.104. The van der Waals surface area contributed by atoms with Crippen molar-refractivity contribution < 1.29 is 14.4 Å². The Bertz CT molecular complexity index is 183. The van der Waals surface area contributed by atoms with Gasteiger partial charge in [-0.25, -0.2) is 5.48 Å². The van der Waals surface area contributed by atoms with Gasteiger partial charge in [-0.05, 0) is 0 Å². The summed E-state index contributed by atoms with van der Waals surface area (Å²) in [7, 11) is 1.59. The number of hydroxylamine groups is 1. The van der Waals surface area contributed by atoms with E-state index in [-0.39, 0.29) is 5.91 Å². The Morgan fingerprint density at radius 2 is 2.13 bits per heavy atom. The number of methoxy groups -OCH3 is 1. The molecule has 1 fully saturated rings. The molecule has 1 aliphatic heterocycles. The number of nitrogens with one attached hydrogen (secondary N) is 2. The molecule has 1 amide bonds. The van der Waals surface area contributed by atoms with Crippen LogP contribution in [0.4, 0.5) is 0 Å². The van der Waals surface area contributed by atoms with Gasteiger partial charge in [0.05, 0.1) is 19.8 Å². The fourth-order valence-corrected chi connectivity index (χ4v) is 1.36. The number of carbonyl (C=O) groups is 1. The van der Waals surface area contributed by atoms with Gasteiger partial charge in [0, 0.05) is 33.3 Å². The fourth-order valence-electron chi connectivity index (χ4n) is 1.36. The lowest BCUT2D eigenvalue weighted by Gasteiger charge is -2.26. The zero-order valence-corrected chi connectivity index (χ0v) is 9.12. The highest BCUT2D eigenvalue weighted by Gasteiger charge is 2.12. The van der Waals surface area contributed by atoms with E-state index in [1.807, 2.05) is 0 Å². The molecule has 0 aliphatic carbocycles. The first kappa shape index (κ1) is 12.4. The van der Waals surface area contributed by atoms with E-state index in [2.05, 4.69) is 15.7 Å². The number of nitrogens with zero attached hydrogens (tertiary/aromatic N) is 1. The number of hydrogen-bond acceptors (Lipinski definition) is 5. The van der Waals surface area contributed by atoms with Crippen molar-refractivity contribution in [1.29, 1.82) is 0 Å². The van der Waals surface area contributed by atoms with Gasteiger partial charge in [-0.15, -0.1) is 0 Å². The predicted molar refractivity (Wildman–Crippen MR) is 55.3 cm³/mol. The topological polar surface area (TPSA) is 62.8 Å². The lowest BCUT2D eigenvalue weighted by Crippen LogP contribution is -2.47. The average Bonchev–Trinajstić information content (AvgIpc) is 2.26. The standard InChI is InChI=1S/C9H19N3O3/c1-14-6-7-15-11-9(13)8-12-4-2-10-3-5-12/h10H,2-8H2,1H3,(H,11,13). The molecule has 0 saturated carbocycles. The summed E-state index contributed by atoms with van der Waals surface area (Å²) in [6.45, 7) is 4.96. The number of hydrogen-bond donors (Lipinski definition) is 2. The van der Waals surface area contributed by atoms with E-state index in [1.165, 1.54) is 0 Å². The first-order chi connectivity index (χ1) is 7.33. The molecule has 0 aromatic rings. The molecule has 1 rings (SSSR count). The molecular weight excluding hydrogens is 198 g/mol. The number of amides is 1. The molecule has 88 valence electrons. The molecule has 6 nitrogen and oxygen atoms in total. The maximum Gasteiger partial charge on any atom is 0.257 e. The highest BCUT2D eigenvalue weighted by molar-refractivity contribution is 5.76. The Morgan fingerprint density at radius 1 is 1.40 bits per heavy atom. The van der Waals surface area contributed by atoms with Gasteiger partial charge in [0.1, 0.15) is 0 Å². The lowest BCUT2D eigenvalue weighted by atomic mass is 10.3. The molecule has 6 heteroatoms. The van der Waals surface area contributed by atoms with Gasteiger partial charge in [0.15, 0.2) is 0 Å². The summed E-state index contributed by atoms with van der Waals surface area (Å²) >= 11 is 0. The van der Waals surface area contributed by atoms with Crippen LogP contribution in [0.2, 0.25) is 0 Å². The summed E-state index contributed by atoms with van der Waals surface area (Å²) in [5, 5.41) is 3.23. The molecule has 2 N–H and O–H groups in total. The summed E-state index contributed by atoms with van der Waals surface area (Å²) < 4.78 is 4.78. The highest BCUT2D eigenvalue weighted by Crippen LogP contribution is 1.90. The maximum atomic E-state index is 11.3. The maximum absolute atomic E-state index is 11.3. The smallest absolute Gasteiger partial charge is 0.257 e. The third-order valence-electron chi connectivity index (χ3n) is 2.15. The third-order valence-corrected chi connectivity index (χ3v) is 2.15. The molecule has 0 aromatic carbocycles. The molecule has 0 spiro atoms. The minimum Gasteiger partial charge on any atom is -0.382 e. The Balaban J connectivity index is 2.01.